The van der Waals surface area contributed by atoms with Crippen LogP contribution in [-0.2, 0) is 9.84 Å². The Morgan fingerprint density at radius 1 is 0.889 bits per heavy atom. The number of benzene rings is 2. The van der Waals surface area contributed by atoms with E-state index >= 15 is 0 Å². The number of anilines is 4. The second-order valence-electron chi connectivity index (χ2n) is 13.3. The van der Waals surface area contributed by atoms with E-state index in [-0.39, 0.29) is 11.0 Å². The molecule has 0 bridgehead atoms. The molecule has 0 spiro atoms. The first kappa shape index (κ1) is 33.2. The number of aromatic nitrogens is 2. The molecule has 5 rings (SSSR count). The summed E-state index contributed by atoms with van der Waals surface area (Å²) >= 11 is 0. The van der Waals surface area contributed by atoms with E-state index in [4.69, 9.17) is 9.72 Å². The molecule has 1 aliphatic carbocycles. The third kappa shape index (κ3) is 7.79. The average Bonchev–Trinajstić information content (AvgIpc) is 3.00. The van der Waals surface area contributed by atoms with Crippen LogP contribution in [0, 0.1) is 13.8 Å². The predicted molar refractivity (Wildman–Crippen MR) is 183 cm³/mol. The summed E-state index contributed by atoms with van der Waals surface area (Å²) < 4.78 is 32.4. The van der Waals surface area contributed by atoms with Crippen LogP contribution >= 0.6 is 0 Å². The van der Waals surface area contributed by atoms with Crippen LogP contribution in [0.25, 0.3) is 0 Å². The van der Waals surface area contributed by atoms with Gasteiger partial charge in [0.05, 0.1) is 27.6 Å². The summed E-state index contributed by atoms with van der Waals surface area (Å²) in [6.45, 7) is 16.2. The Balaban J connectivity index is 1.36. The molecule has 9 nitrogen and oxygen atoms in total. The Labute approximate surface area is 269 Å². The largest absolute Gasteiger partial charge is 0.489 e. The molecule has 1 saturated carbocycles. The van der Waals surface area contributed by atoms with E-state index in [1.54, 1.807) is 38.2 Å². The zero-order chi connectivity index (χ0) is 32.3. The minimum Gasteiger partial charge on any atom is -0.489 e. The molecule has 2 heterocycles. The Bertz CT molecular complexity index is 1580. The summed E-state index contributed by atoms with van der Waals surface area (Å²) in [5.41, 5.74) is 4.70. The maximum Gasteiger partial charge on any atom is 0.229 e. The molecular formula is C35H50N6O3S. The molecule has 2 N–H and O–H groups in total. The average molecular weight is 635 g/mol. The highest BCUT2D eigenvalue weighted by molar-refractivity contribution is 7.92. The number of hydrogen-bond acceptors (Lipinski definition) is 9. The van der Waals surface area contributed by atoms with Gasteiger partial charge in [-0.15, -0.1) is 0 Å². The molecule has 1 aliphatic heterocycles. The number of hydrogen-bond donors (Lipinski definition) is 2. The fourth-order valence-corrected chi connectivity index (χ4v) is 7.68. The van der Waals surface area contributed by atoms with Crippen molar-refractivity contribution in [1.29, 1.82) is 0 Å². The van der Waals surface area contributed by atoms with Crippen LogP contribution in [0.4, 0.5) is 23.1 Å². The second kappa shape index (κ2) is 14.1. The minimum absolute atomic E-state index is 0.00430. The summed E-state index contributed by atoms with van der Waals surface area (Å²) in [6, 6.07) is 12.0. The van der Waals surface area contributed by atoms with Crippen LogP contribution in [0.1, 0.15) is 76.0 Å². The van der Waals surface area contributed by atoms with Gasteiger partial charge < -0.3 is 20.3 Å². The highest BCUT2D eigenvalue weighted by atomic mass is 32.2. The van der Waals surface area contributed by atoms with E-state index < -0.39 is 15.1 Å². The monoisotopic (exact) mass is 634 g/mol. The maximum atomic E-state index is 13.0. The van der Waals surface area contributed by atoms with Gasteiger partial charge in [-0.25, -0.2) is 13.4 Å². The summed E-state index contributed by atoms with van der Waals surface area (Å²) in [7, 11) is -1.27. The lowest BCUT2D eigenvalue weighted by Crippen LogP contribution is -2.49. The van der Waals surface area contributed by atoms with Crippen LogP contribution in [0.3, 0.4) is 0 Å². The normalized spacial score (nSPS) is 20.0. The third-order valence-electron chi connectivity index (χ3n) is 9.21. The van der Waals surface area contributed by atoms with E-state index in [0.29, 0.717) is 29.4 Å². The van der Waals surface area contributed by atoms with Gasteiger partial charge in [-0.3, -0.25) is 4.90 Å². The fourth-order valence-electron chi connectivity index (χ4n) is 6.48. The molecule has 1 saturated heterocycles. The molecule has 1 aromatic heterocycles. The molecule has 2 aliphatic rings. The predicted octanol–water partition coefficient (Wildman–Crippen LogP) is 6.82. The number of rotatable bonds is 10. The number of nitrogens with one attached hydrogen (secondary N) is 2. The van der Waals surface area contributed by atoms with E-state index in [9.17, 15) is 8.42 Å². The number of para-hydroxylation sites is 1. The van der Waals surface area contributed by atoms with Gasteiger partial charge in [-0.2, -0.15) is 4.98 Å². The van der Waals surface area contributed by atoms with Crippen molar-refractivity contribution < 1.29 is 13.2 Å². The van der Waals surface area contributed by atoms with Crippen LogP contribution in [-0.4, -0.2) is 78.8 Å². The van der Waals surface area contributed by atoms with Crippen LogP contribution < -0.4 is 15.4 Å². The quantitative estimate of drug-likeness (QED) is 0.249. The van der Waals surface area contributed by atoms with Crippen molar-refractivity contribution in [3.8, 4) is 5.75 Å². The lowest BCUT2D eigenvalue weighted by molar-refractivity contribution is 0.0878. The van der Waals surface area contributed by atoms with Gasteiger partial charge in [0.1, 0.15) is 11.6 Å². The highest BCUT2D eigenvalue weighted by Gasteiger charge is 2.30. The molecule has 0 radical (unpaired) electrons. The SMILES string of the molecule is Cc1cc(Nc2ncc(C)c(Nc3ccccc3S(=O)(=O)C(C)C)n2)c(OC(C)C)cc1C1CCC(N2CCN(C)CC2)CC1. The highest BCUT2D eigenvalue weighted by Crippen LogP contribution is 2.41. The van der Waals surface area contributed by atoms with Gasteiger partial charge in [0.2, 0.25) is 5.95 Å². The van der Waals surface area contributed by atoms with Crippen molar-refractivity contribution in [2.75, 3.05) is 43.9 Å². The Morgan fingerprint density at radius 2 is 1.58 bits per heavy atom. The van der Waals surface area contributed by atoms with Crippen molar-refractivity contribution in [2.45, 2.75) is 95.4 Å². The van der Waals surface area contributed by atoms with Crippen LogP contribution in [0.15, 0.2) is 47.5 Å². The van der Waals surface area contributed by atoms with Gasteiger partial charge >= 0.3 is 0 Å². The topological polar surface area (TPSA) is 99.7 Å². The molecule has 2 fully saturated rings. The summed E-state index contributed by atoms with van der Waals surface area (Å²) in [4.78, 5) is 14.7. The van der Waals surface area contributed by atoms with Crippen LogP contribution in [0.2, 0.25) is 0 Å². The first-order valence-corrected chi connectivity index (χ1v) is 17.9. The van der Waals surface area contributed by atoms with Gasteiger partial charge in [0.25, 0.3) is 0 Å². The third-order valence-corrected chi connectivity index (χ3v) is 11.4. The van der Waals surface area contributed by atoms with Gasteiger partial charge in [-0.05, 0) is 116 Å². The van der Waals surface area contributed by atoms with E-state index in [1.807, 2.05) is 26.8 Å². The number of sulfone groups is 1. The zero-order valence-electron chi connectivity index (χ0n) is 27.9. The van der Waals surface area contributed by atoms with E-state index in [1.165, 1.54) is 63.0 Å². The number of ether oxygens (including phenoxy) is 1. The summed E-state index contributed by atoms with van der Waals surface area (Å²) in [5, 5.41) is 6.12. The number of likely N-dealkylation sites (N-methyl/N-ethyl adjacent to an activating group) is 1. The molecule has 10 heteroatoms. The van der Waals surface area contributed by atoms with Gasteiger partial charge in [0, 0.05) is 44.0 Å². The minimum atomic E-state index is -3.49. The van der Waals surface area contributed by atoms with Crippen LogP contribution in [0.5, 0.6) is 5.75 Å². The van der Waals surface area contributed by atoms with Crippen molar-refractivity contribution in [3.63, 3.8) is 0 Å². The van der Waals surface area contributed by atoms with Crippen molar-refractivity contribution in [3.05, 3.63) is 59.3 Å². The van der Waals surface area contributed by atoms with E-state index in [0.717, 1.165) is 17.0 Å². The second-order valence-corrected chi connectivity index (χ2v) is 15.8. The molecule has 0 unspecified atom stereocenters. The first-order valence-electron chi connectivity index (χ1n) is 16.4. The molecule has 2 aromatic carbocycles. The number of aryl methyl sites for hydroxylation is 2. The van der Waals surface area contributed by atoms with E-state index in [2.05, 4.69) is 51.5 Å². The first-order chi connectivity index (χ1) is 21.4. The molecule has 3 aromatic rings. The lowest BCUT2D eigenvalue weighted by atomic mass is 9.79. The fraction of sp³-hybridized carbons (Fsp3) is 0.543. The maximum absolute atomic E-state index is 13.0. The standard InChI is InChI=1S/C35H50N6O3S/c1-23(2)44-32-21-29(27-12-14-28(15-13-27)41-18-16-40(7)17-19-41)25(5)20-31(32)38-35-36-22-26(6)34(39-35)37-30-10-8-9-11-33(30)45(42,43)24(3)4/h8-11,20-24,27-28H,12-19H2,1-7H3,(H2,36,37,38,39). The number of piperazine rings is 1. The summed E-state index contributed by atoms with van der Waals surface area (Å²) in [6.07, 6.45) is 6.60. The molecule has 45 heavy (non-hydrogen) atoms. The molecule has 0 amide bonds. The molecule has 244 valence electrons. The summed E-state index contributed by atoms with van der Waals surface area (Å²) in [5.74, 6) is 2.25. The Morgan fingerprint density at radius 3 is 2.24 bits per heavy atom. The molecular weight excluding hydrogens is 584 g/mol. The van der Waals surface area contributed by atoms with Gasteiger partial charge in [-0.1, -0.05) is 12.1 Å². The van der Waals surface area contributed by atoms with Crippen molar-refractivity contribution in [2.24, 2.45) is 0 Å². The van der Waals surface area contributed by atoms with Crippen molar-refractivity contribution in [1.82, 2.24) is 19.8 Å². The van der Waals surface area contributed by atoms with Gasteiger partial charge in [0.15, 0.2) is 9.84 Å². The molecule has 0 atom stereocenters. The Kier molecular flexibility index (Phi) is 10.4. The lowest BCUT2D eigenvalue weighted by Gasteiger charge is -2.41. The Hall–Kier alpha value is -3.21. The zero-order valence-corrected chi connectivity index (χ0v) is 28.7. The smallest absolute Gasteiger partial charge is 0.229 e. The van der Waals surface area contributed by atoms with Crippen molar-refractivity contribution >= 4 is 33.0 Å². The number of nitrogens with zero attached hydrogens (tertiary/aromatic N) is 4.